The molecule has 6 nitrogen and oxygen atoms in total. The van der Waals surface area contributed by atoms with Crippen molar-refractivity contribution in [3.8, 4) is 0 Å². The zero-order valence-electron chi connectivity index (χ0n) is 12.8. The minimum Gasteiger partial charge on any atom is -0.466 e. The number of hydrogen-bond acceptors (Lipinski definition) is 6. The summed E-state index contributed by atoms with van der Waals surface area (Å²) in [7, 11) is 4.16. The van der Waals surface area contributed by atoms with Crippen molar-refractivity contribution in [3.63, 3.8) is 0 Å². The van der Waals surface area contributed by atoms with Crippen LogP contribution >= 0.6 is 0 Å². The third-order valence-electron chi connectivity index (χ3n) is 2.92. The molecular weight excluding hydrogens is 286 g/mol. The van der Waals surface area contributed by atoms with Gasteiger partial charge in [-0.15, -0.1) is 0 Å². The van der Waals surface area contributed by atoms with Crippen molar-refractivity contribution in [2.45, 2.75) is 0 Å². The predicted octanol–water partition coefficient (Wildman–Crippen LogP) is -0.963. The molecule has 1 rings (SSSR count). The molecule has 0 aromatic heterocycles. The lowest BCUT2D eigenvalue weighted by molar-refractivity contribution is -0.140. The Hall–Kier alpha value is -2.50. The van der Waals surface area contributed by atoms with Crippen molar-refractivity contribution in [2.24, 2.45) is 0 Å². The highest BCUT2D eigenvalue weighted by Crippen LogP contribution is 2.03. The molecule has 0 radical (unpaired) electrons. The molecule has 1 aromatic rings. The smallest absolute Gasteiger partial charge is 0.338 e. The largest absolute Gasteiger partial charge is 0.466 e. The fourth-order valence-corrected chi connectivity index (χ4v) is 1.49. The molecule has 8 heteroatoms. The van der Waals surface area contributed by atoms with Gasteiger partial charge in [0.2, 0.25) is 0 Å². The van der Waals surface area contributed by atoms with Gasteiger partial charge in [-0.3, -0.25) is 0 Å². The summed E-state index contributed by atoms with van der Waals surface area (Å²) >= 11 is 0. The van der Waals surface area contributed by atoms with Crippen molar-refractivity contribution in [1.29, 1.82) is 0 Å². The van der Waals surface area contributed by atoms with Gasteiger partial charge in [-0.2, -0.15) is 0 Å². The van der Waals surface area contributed by atoms with Crippen LogP contribution in [0, 0.1) is 0 Å². The van der Waals surface area contributed by atoms with Crippen LogP contribution in [0.2, 0.25) is 0 Å². The first-order valence-electron chi connectivity index (χ1n) is 6.62. The van der Waals surface area contributed by atoms with Crippen LogP contribution < -0.4 is 0 Å². The van der Waals surface area contributed by atoms with E-state index in [9.17, 15) is 14.4 Å². The lowest BCUT2D eigenvalue weighted by atomic mass is 9.80. The molecular formula is C14H16B2O6. The Morgan fingerprint density at radius 3 is 2.05 bits per heavy atom. The Labute approximate surface area is 130 Å². The molecule has 0 aliphatic carbocycles. The molecule has 0 N–H and O–H groups in total. The fraction of sp³-hybridized carbons (Fsp3) is 0.214. The van der Waals surface area contributed by atoms with Crippen LogP contribution in [0.5, 0.6) is 0 Å². The minimum atomic E-state index is -0.654. The topological polar surface area (TPSA) is 78.9 Å². The van der Waals surface area contributed by atoms with Gasteiger partial charge in [-0.25, -0.2) is 14.4 Å². The second kappa shape index (κ2) is 8.71. The van der Waals surface area contributed by atoms with Gasteiger partial charge >= 0.3 is 17.9 Å². The summed E-state index contributed by atoms with van der Waals surface area (Å²) in [5.74, 6) is -1.74. The van der Waals surface area contributed by atoms with Gasteiger partial charge in [0, 0.05) is 0 Å². The minimum absolute atomic E-state index is 0.0655. The SMILES string of the molecule is B/C(C(=O)OC)=C(/B)C(=O)OCCOC(=O)c1ccccc1. The summed E-state index contributed by atoms with van der Waals surface area (Å²) in [6, 6.07) is 8.49. The van der Waals surface area contributed by atoms with Crippen LogP contribution in [-0.2, 0) is 23.8 Å². The number of carbonyl (C=O) groups excluding carboxylic acids is 3. The van der Waals surface area contributed by atoms with Gasteiger partial charge in [-0.1, -0.05) is 18.2 Å². The number of benzene rings is 1. The molecule has 0 unspecified atom stereocenters. The molecule has 22 heavy (non-hydrogen) atoms. The van der Waals surface area contributed by atoms with Crippen LogP contribution in [0.1, 0.15) is 10.4 Å². The predicted molar refractivity (Wildman–Crippen MR) is 83.8 cm³/mol. The van der Waals surface area contributed by atoms with E-state index in [-0.39, 0.29) is 24.2 Å². The second-order valence-electron chi connectivity index (χ2n) is 4.38. The Morgan fingerprint density at radius 1 is 0.909 bits per heavy atom. The first kappa shape index (κ1) is 17.6. The van der Waals surface area contributed by atoms with Gasteiger partial charge in [0.05, 0.1) is 12.7 Å². The molecule has 0 aliphatic rings. The van der Waals surface area contributed by atoms with Gasteiger partial charge in [-0.05, 0) is 23.1 Å². The molecule has 0 spiro atoms. The van der Waals surface area contributed by atoms with Crippen molar-refractivity contribution < 1.29 is 28.6 Å². The third kappa shape index (κ3) is 5.12. The van der Waals surface area contributed by atoms with Gasteiger partial charge in [0.15, 0.2) is 0 Å². The molecule has 114 valence electrons. The molecule has 0 amide bonds. The van der Waals surface area contributed by atoms with Gasteiger partial charge in [0.25, 0.3) is 0 Å². The first-order chi connectivity index (χ1) is 10.5. The number of methoxy groups -OCH3 is 1. The van der Waals surface area contributed by atoms with Crippen molar-refractivity contribution >= 4 is 33.6 Å². The van der Waals surface area contributed by atoms with E-state index in [4.69, 9.17) is 9.47 Å². The standard InChI is InChI=1S/C14H16B2O6/c1-20-13(18)10(15)11(16)14(19)22-8-7-21-12(17)9-5-3-2-4-6-9/h2-6H,7-8,15-16H2,1H3/b11-10+. The van der Waals surface area contributed by atoms with Crippen LogP contribution in [0.3, 0.4) is 0 Å². The lowest BCUT2D eigenvalue weighted by Gasteiger charge is -2.08. The molecule has 0 bridgehead atoms. The van der Waals surface area contributed by atoms with Gasteiger partial charge < -0.3 is 14.2 Å². The van der Waals surface area contributed by atoms with Crippen molar-refractivity contribution in [3.05, 3.63) is 46.8 Å². The monoisotopic (exact) mass is 302 g/mol. The maximum absolute atomic E-state index is 11.7. The van der Waals surface area contributed by atoms with Crippen LogP contribution in [0.25, 0.3) is 0 Å². The highest BCUT2D eigenvalue weighted by Gasteiger charge is 2.14. The van der Waals surface area contributed by atoms with Gasteiger partial charge in [0.1, 0.15) is 28.9 Å². The number of ether oxygens (including phenoxy) is 3. The Kier molecular flexibility index (Phi) is 6.95. The zero-order chi connectivity index (χ0) is 16.5. The molecule has 0 atom stereocenters. The van der Waals surface area contributed by atoms with Crippen LogP contribution in [-0.4, -0.2) is 53.9 Å². The molecule has 0 heterocycles. The summed E-state index contributed by atoms with van der Waals surface area (Å²) in [5, 5.41) is 0. The molecule has 0 fully saturated rings. The highest BCUT2D eigenvalue weighted by molar-refractivity contribution is 6.47. The molecule has 1 aromatic carbocycles. The van der Waals surface area contributed by atoms with E-state index in [2.05, 4.69) is 4.74 Å². The van der Waals surface area contributed by atoms with E-state index in [1.54, 1.807) is 30.3 Å². The van der Waals surface area contributed by atoms with Crippen molar-refractivity contribution in [2.75, 3.05) is 20.3 Å². The summed E-state index contributed by atoms with van der Waals surface area (Å²) in [4.78, 5) is 34.6. The summed E-state index contributed by atoms with van der Waals surface area (Å²) in [5.41, 5.74) is 0.751. The average molecular weight is 302 g/mol. The maximum Gasteiger partial charge on any atom is 0.338 e. The quantitative estimate of drug-likeness (QED) is 0.221. The lowest BCUT2D eigenvalue weighted by Crippen LogP contribution is -2.19. The van der Waals surface area contributed by atoms with E-state index in [0.717, 1.165) is 0 Å². The van der Waals surface area contributed by atoms with E-state index >= 15 is 0 Å². The van der Waals surface area contributed by atoms with Crippen LogP contribution in [0.4, 0.5) is 0 Å². The summed E-state index contributed by atoms with van der Waals surface area (Å²) < 4.78 is 14.4. The van der Waals surface area contributed by atoms with E-state index in [0.29, 0.717) is 5.56 Å². The van der Waals surface area contributed by atoms with Crippen molar-refractivity contribution in [1.82, 2.24) is 0 Å². The number of esters is 3. The highest BCUT2D eigenvalue weighted by atomic mass is 16.6. The summed E-state index contributed by atoms with van der Waals surface area (Å²) in [6.45, 7) is -0.160. The fourth-order valence-electron chi connectivity index (χ4n) is 1.49. The molecule has 0 aliphatic heterocycles. The van der Waals surface area contributed by atoms with Crippen LogP contribution in [0.15, 0.2) is 41.3 Å². The normalized spacial score (nSPS) is 11.1. The third-order valence-corrected chi connectivity index (χ3v) is 2.92. The Morgan fingerprint density at radius 2 is 1.45 bits per heavy atom. The Balaban J connectivity index is 2.40. The second-order valence-corrected chi connectivity index (χ2v) is 4.38. The number of hydrogen-bond donors (Lipinski definition) is 0. The number of rotatable bonds is 6. The van der Waals surface area contributed by atoms with E-state index in [1.807, 2.05) is 0 Å². The Bertz CT molecular complexity index is 582. The first-order valence-corrected chi connectivity index (χ1v) is 6.62. The zero-order valence-corrected chi connectivity index (χ0v) is 12.8. The molecule has 0 saturated heterocycles. The van der Waals surface area contributed by atoms with E-state index < -0.39 is 17.9 Å². The van der Waals surface area contributed by atoms with E-state index in [1.165, 1.54) is 22.8 Å². The molecule has 0 saturated carbocycles. The average Bonchev–Trinajstić information content (AvgIpc) is 2.56. The number of carbonyl (C=O) groups is 3. The summed E-state index contributed by atoms with van der Waals surface area (Å²) in [6.07, 6.45) is 0. The maximum atomic E-state index is 11.7.